The number of hydrogen-bond acceptors (Lipinski definition) is 4. The monoisotopic (exact) mass is 294 g/mol. The van der Waals surface area contributed by atoms with Gasteiger partial charge in [0.05, 0.1) is 0 Å². The van der Waals surface area contributed by atoms with Gasteiger partial charge in [0, 0.05) is 0 Å². The predicted octanol–water partition coefficient (Wildman–Crippen LogP) is 3.17. The average Bonchev–Trinajstić information content (AvgIpc) is 2.34. The normalized spacial score (nSPS) is 11.3. The van der Waals surface area contributed by atoms with Gasteiger partial charge in [0.1, 0.15) is 22.5 Å². The van der Waals surface area contributed by atoms with Crippen LogP contribution in [0.3, 0.4) is 0 Å². The van der Waals surface area contributed by atoms with Crippen molar-refractivity contribution in [1.82, 2.24) is 0 Å². The number of carbonyl (C=O) groups is 2. The number of aromatic carboxylic acids is 1. The summed E-state index contributed by atoms with van der Waals surface area (Å²) >= 11 is 0. The Morgan fingerprint density at radius 1 is 1.10 bits per heavy atom. The predicted molar refractivity (Wildman–Crippen MR) is 79.0 cm³/mol. The van der Waals surface area contributed by atoms with Crippen LogP contribution in [-0.4, -0.2) is 27.8 Å². The molecular weight excluding hydrogens is 272 g/mol. The van der Waals surface area contributed by atoms with Gasteiger partial charge in [-0.1, -0.05) is 19.9 Å². The molecule has 1 rings (SSSR count). The molecule has 0 unspecified atom stereocenters. The summed E-state index contributed by atoms with van der Waals surface area (Å²) in [5, 5.41) is 19.5. The highest BCUT2D eigenvalue weighted by Crippen LogP contribution is 2.32. The Bertz CT molecular complexity index is 567. The smallest absolute Gasteiger partial charge is 0.342 e. The van der Waals surface area contributed by atoms with Crippen molar-refractivity contribution in [3.8, 4) is 5.75 Å². The lowest BCUT2D eigenvalue weighted by Crippen LogP contribution is -2.25. The molecule has 1 aromatic carbocycles. The zero-order valence-electron chi connectivity index (χ0n) is 13.1. The highest BCUT2D eigenvalue weighted by molar-refractivity contribution is 6.01. The minimum absolute atomic E-state index is 0.0537. The van der Waals surface area contributed by atoms with Crippen LogP contribution in [0, 0.1) is 0 Å². The van der Waals surface area contributed by atoms with Crippen LogP contribution in [0.4, 0.5) is 0 Å². The Morgan fingerprint density at radius 2 is 1.57 bits per heavy atom. The zero-order valence-corrected chi connectivity index (χ0v) is 13.1. The topological polar surface area (TPSA) is 83.8 Å². The Kier molecular flexibility index (Phi) is 4.99. The van der Waals surface area contributed by atoms with E-state index in [1.54, 1.807) is 33.8 Å². The molecule has 0 aliphatic carbocycles. The standard InChI is InChI=1S/C16H22O5/c1-6-9-8-10(7-2)12(13(17)11(9)14(18)19)15(20)21-16(3,4)5/h8,17H,6-7H2,1-5H3,(H,18,19). The van der Waals surface area contributed by atoms with E-state index in [4.69, 9.17) is 4.74 Å². The molecule has 5 nitrogen and oxygen atoms in total. The minimum atomic E-state index is -1.25. The zero-order chi connectivity index (χ0) is 16.4. The summed E-state index contributed by atoms with van der Waals surface area (Å²) in [7, 11) is 0. The summed E-state index contributed by atoms with van der Waals surface area (Å²) in [4.78, 5) is 23.6. The van der Waals surface area contributed by atoms with Crippen molar-refractivity contribution in [2.45, 2.75) is 53.1 Å². The Hall–Kier alpha value is -2.04. The number of carboxylic acid groups (broad SMARTS) is 1. The molecule has 0 atom stereocenters. The van der Waals surface area contributed by atoms with Crippen LogP contribution in [0.2, 0.25) is 0 Å². The van der Waals surface area contributed by atoms with Crippen molar-refractivity contribution >= 4 is 11.9 Å². The molecule has 2 N–H and O–H groups in total. The quantitative estimate of drug-likeness (QED) is 0.833. The summed E-state index contributed by atoms with van der Waals surface area (Å²) in [6.07, 6.45) is 0.950. The molecule has 21 heavy (non-hydrogen) atoms. The SMILES string of the molecule is CCc1cc(CC)c(C(=O)OC(C)(C)C)c(O)c1C(=O)O. The van der Waals surface area contributed by atoms with Crippen molar-refractivity contribution < 1.29 is 24.5 Å². The molecule has 0 aromatic heterocycles. The molecule has 0 saturated carbocycles. The second-order valence-corrected chi connectivity index (χ2v) is 5.81. The van der Waals surface area contributed by atoms with E-state index in [0.29, 0.717) is 24.0 Å². The van der Waals surface area contributed by atoms with E-state index in [1.807, 2.05) is 6.92 Å². The van der Waals surface area contributed by atoms with Gasteiger partial charge in [-0.3, -0.25) is 0 Å². The van der Waals surface area contributed by atoms with Gasteiger partial charge in [-0.15, -0.1) is 0 Å². The molecule has 0 radical (unpaired) electrons. The number of carboxylic acids is 1. The van der Waals surface area contributed by atoms with E-state index in [2.05, 4.69) is 0 Å². The first-order valence-corrected chi connectivity index (χ1v) is 6.96. The lowest BCUT2D eigenvalue weighted by Gasteiger charge is -2.22. The molecule has 5 heteroatoms. The first-order valence-electron chi connectivity index (χ1n) is 6.96. The number of aryl methyl sites for hydroxylation is 2. The fourth-order valence-electron chi connectivity index (χ4n) is 2.14. The number of rotatable bonds is 4. The third-order valence-corrected chi connectivity index (χ3v) is 3.04. The third kappa shape index (κ3) is 3.74. The average molecular weight is 294 g/mol. The van der Waals surface area contributed by atoms with Gasteiger partial charge in [-0.2, -0.15) is 0 Å². The number of esters is 1. The van der Waals surface area contributed by atoms with Gasteiger partial charge >= 0.3 is 11.9 Å². The molecule has 0 fully saturated rings. The molecule has 116 valence electrons. The number of ether oxygens (including phenoxy) is 1. The van der Waals surface area contributed by atoms with Gasteiger partial charge in [0.15, 0.2) is 0 Å². The highest BCUT2D eigenvalue weighted by atomic mass is 16.6. The Balaban J connectivity index is 3.53. The first-order chi connectivity index (χ1) is 9.62. The maximum Gasteiger partial charge on any atom is 0.342 e. The van der Waals surface area contributed by atoms with E-state index in [1.165, 1.54) is 0 Å². The van der Waals surface area contributed by atoms with Crippen LogP contribution in [-0.2, 0) is 17.6 Å². The molecule has 0 heterocycles. The molecule has 0 bridgehead atoms. The first kappa shape index (κ1) is 17.0. The van der Waals surface area contributed by atoms with Gasteiger partial charge in [-0.05, 0) is 44.7 Å². The summed E-state index contributed by atoms with van der Waals surface area (Å²) < 4.78 is 5.26. The van der Waals surface area contributed by atoms with Gasteiger partial charge in [0.25, 0.3) is 0 Å². The highest BCUT2D eigenvalue weighted by Gasteiger charge is 2.28. The molecule has 0 aliphatic heterocycles. The molecule has 1 aromatic rings. The van der Waals surface area contributed by atoms with Gasteiger partial charge in [-0.25, -0.2) is 9.59 Å². The maximum absolute atomic E-state index is 12.3. The van der Waals surface area contributed by atoms with Crippen LogP contribution in [0.1, 0.15) is 66.5 Å². The second kappa shape index (κ2) is 6.16. The number of phenols is 1. The van der Waals surface area contributed by atoms with E-state index in [0.717, 1.165) is 0 Å². The number of carbonyl (C=O) groups excluding carboxylic acids is 1. The van der Waals surface area contributed by atoms with Crippen LogP contribution in [0.25, 0.3) is 0 Å². The third-order valence-electron chi connectivity index (χ3n) is 3.04. The summed E-state index contributed by atoms with van der Waals surface area (Å²) in [5.41, 5.74) is 0.0896. The largest absolute Gasteiger partial charge is 0.506 e. The van der Waals surface area contributed by atoms with E-state index in [9.17, 15) is 19.8 Å². The lowest BCUT2D eigenvalue weighted by atomic mass is 9.94. The van der Waals surface area contributed by atoms with Crippen molar-refractivity contribution in [3.63, 3.8) is 0 Å². The van der Waals surface area contributed by atoms with E-state index >= 15 is 0 Å². The molecule has 0 aliphatic rings. The molecule has 0 amide bonds. The van der Waals surface area contributed by atoms with Crippen LogP contribution in [0.5, 0.6) is 5.75 Å². The lowest BCUT2D eigenvalue weighted by molar-refractivity contribution is 0.00656. The molecular formula is C16H22O5. The fraction of sp³-hybridized carbons (Fsp3) is 0.500. The van der Waals surface area contributed by atoms with Gasteiger partial charge < -0.3 is 14.9 Å². The van der Waals surface area contributed by atoms with Crippen molar-refractivity contribution in [3.05, 3.63) is 28.3 Å². The molecule has 0 spiro atoms. The number of aromatic hydroxyl groups is 1. The summed E-state index contributed by atoms with van der Waals surface area (Å²) in [6, 6.07) is 1.66. The number of hydrogen-bond donors (Lipinski definition) is 2. The van der Waals surface area contributed by atoms with Crippen LogP contribution in [0.15, 0.2) is 6.07 Å². The summed E-state index contributed by atoms with van der Waals surface area (Å²) in [5.74, 6) is -2.47. The number of benzene rings is 1. The minimum Gasteiger partial charge on any atom is -0.506 e. The van der Waals surface area contributed by atoms with E-state index < -0.39 is 23.3 Å². The maximum atomic E-state index is 12.3. The second-order valence-electron chi connectivity index (χ2n) is 5.81. The van der Waals surface area contributed by atoms with Crippen molar-refractivity contribution in [2.24, 2.45) is 0 Å². The summed E-state index contributed by atoms with van der Waals surface area (Å²) in [6.45, 7) is 8.78. The Labute approximate surface area is 124 Å². The fourth-order valence-corrected chi connectivity index (χ4v) is 2.14. The Morgan fingerprint density at radius 3 is 1.95 bits per heavy atom. The van der Waals surface area contributed by atoms with Crippen LogP contribution < -0.4 is 0 Å². The van der Waals surface area contributed by atoms with Crippen molar-refractivity contribution in [1.29, 1.82) is 0 Å². The van der Waals surface area contributed by atoms with Gasteiger partial charge in [0.2, 0.25) is 0 Å². The van der Waals surface area contributed by atoms with E-state index in [-0.39, 0.29) is 11.1 Å². The van der Waals surface area contributed by atoms with Crippen LogP contribution >= 0.6 is 0 Å². The molecule has 0 saturated heterocycles. The van der Waals surface area contributed by atoms with Crippen molar-refractivity contribution in [2.75, 3.05) is 0 Å².